The number of aliphatic carboxylic acids is 1. The van der Waals surface area contributed by atoms with Crippen molar-refractivity contribution in [3.05, 3.63) is 35.9 Å². The number of imide groups is 1. The quantitative estimate of drug-likeness (QED) is 0.193. The SMILES string of the molecule is CC(=O)N(C[C@H](NC(=O)OCc1ccccc1)C(=O)O)N1C(=O)N[C@@H](CCCN=C2N[C@H]3CCCC[C@H]3N2)C1=O. The van der Waals surface area contributed by atoms with Crippen molar-refractivity contribution in [2.24, 2.45) is 4.99 Å². The molecular weight excluding hydrogens is 522 g/mol. The molecule has 40 heavy (non-hydrogen) atoms. The number of amides is 5. The first-order valence-electron chi connectivity index (χ1n) is 13.4. The van der Waals surface area contributed by atoms with Crippen LogP contribution in [-0.4, -0.2) is 88.2 Å². The van der Waals surface area contributed by atoms with Gasteiger partial charge in [-0.05, 0) is 31.2 Å². The molecule has 5 amide bonds. The lowest BCUT2D eigenvalue weighted by Crippen LogP contribution is -2.57. The van der Waals surface area contributed by atoms with Gasteiger partial charge in [-0.2, -0.15) is 5.01 Å². The van der Waals surface area contributed by atoms with E-state index < -0.39 is 48.5 Å². The molecule has 2 heterocycles. The van der Waals surface area contributed by atoms with Crippen molar-refractivity contribution in [1.82, 2.24) is 31.3 Å². The highest BCUT2D eigenvalue weighted by Crippen LogP contribution is 2.21. The first-order chi connectivity index (χ1) is 19.2. The summed E-state index contributed by atoms with van der Waals surface area (Å²) in [6.07, 6.45) is 4.36. The number of benzene rings is 1. The Kier molecular flexibility index (Phi) is 9.40. The molecule has 14 nitrogen and oxygen atoms in total. The van der Waals surface area contributed by atoms with E-state index in [0.717, 1.165) is 25.7 Å². The monoisotopic (exact) mass is 557 g/mol. The summed E-state index contributed by atoms with van der Waals surface area (Å²) in [6.45, 7) is 0.768. The number of carboxylic acid groups (broad SMARTS) is 1. The number of carbonyl (C=O) groups excluding carboxylic acids is 4. The summed E-state index contributed by atoms with van der Waals surface area (Å²) in [5.41, 5.74) is 0.695. The molecule has 216 valence electrons. The van der Waals surface area contributed by atoms with Crippen molar-refractivity contribution >= 4 is 35.9 Å². The van der Waals surface area contributed by atoms with E-state index >= 15 is 0 Å². The Morgan fingerprint density at radius 1 is 1.12 bits per heavy atom. The van der Waals surface area contributed by atoms with Crippen LogP contribution in [0.3, 0.4) is 0 Å². The Balaban J connectivity index is 1.29. The molecule has 1 aromatic rings. The van der Waals surface area contributed by atoms with Crippen LogP contribution in [0.5, 0.6) is 0 Å². The molecule has 4 rings (SSSR count). The number of hydrogen-bond acceptors (Lipinski definition) is 7. The summed E-state index contributed by atoms with van der Waals surface area (Å²) < 4.78 is 5.06. The number of hydrazine groups is 1. The minimum atomic E-state index is -1.64. The van der Waals surface area contributed by atoms with Gasteiger partial charge < -0.3 is 31.1 Å². The van der Waals surface area contributed by atoms with Gasteiger partial charge in [-0.25, -0.2) is 19.4 Å². The summed E-state index contributed by atoms with van der Waals surface area (Å²) in [6, 6.07) is 6.18. The van der Waals surface area contributed by atoms with Gasteiger partial charge in [0.25, 0.3) is 5.91 Å². The Labute approximate surface area is 231 Å². The van der Waals surface area contributed by atoms with Crippen LogP contribution in [0, 0.1) is 0 Å². The number of hydrogen-bond donors (Lipinski definition) is 5. The molecule has 5 N–H and O–H groups in total. The summed E-state index contributed by atoms with van der Waals surface area (Å²) in [5, 5.41) is 22.4. The second kappa shape index (κ2) is 13.1. The van der Waals surface area contributed by atoms with E-state index in [2.05, 4.69) is 26.3 Å². The molecule has 0 aromatic heterocycles. The Hall–Kier alpha value is -4.36. The number of carbonyl (C=O) groups is 5. The van der Waals surface area contributed by atoms with Gasteiger partial charge in [0.15, 0.2) is 5.96 Å². The zero-order valence-corrected chi connectivity index (χ0v) is 22.3. The number of urea groups is 1. The lowest BCUT2D eigenvalue weighted by molar-refractivity contribution is -0.156. The normalized spacial score (nSPS) is 23.5. The molecule has 3 fully saturated rings. The average Bonchev–Trinajstić information content (AvgIpc) is 3.47. The first kappa shape index (κ1) is 28.6. The third-order valence-electron chi connectivity index (χ3n) is 7.09. The molecule has 1 aliphatic carbocycles. The van der Waals surface area contributed by atoms with E-state index in [1.54, 1.807) is 30.3 Å². The fourth-order valence-electron chi connectivity index (χ4n) is 5.01. The number of rotatable bonds is 11. The van der Waals surface area contributed by atoms with Gasteiger partial charge in [0, 0.05) is 25.6 Å². The van der Waals surface area contributed by atoms with Crippen molar-refractivity contribution in [3.63, 3.8) is 0 Å². The molecule has 0 bridgehead atoms. The highest BCUT2D eigenvalue weighted by Gasteiger charge is 2.43. The highest BCUT2D eigenvalue weighted by molar-refractivity contribution is 6.05. The van der Waals surface area contributed by atoms with Crippen molar-refractivity contribution in [3.8, 4) is 0 Å². The molecule has 3 aliphatic rings. The highest BCUT2D eigenvalue weighted by atomic mass is 16.5. The van der Waals surface area contributed by atoms with E-state index in [-0.39, 0.29) is 13.0 Å². The molecular formula is C26H35N7O7. The van der Waals surface area contributed by atoms with Crippen LogP contribution >= 0.6 is 0 Å². The van der Waals surface area contributed by atoms with E-state index in [1.807, 2.05) is 0 Å². The van der Waals surface area contributed by atoms with Crippen LogP contribution in [0.4, 0.5) is 9.59 Å². The molecule has 0 radical (unpaired) electrons. The van der Waals surface area contributed by atoms with Gasteiger partial charge in [0.05, 0.1) is 6.54 Å². The number of alkyl carbamates (subject to hydrolysis) is 1. The van der Waals surface area contributed by atoms with Crippen molar-refractivity contribution in [2.75, 3.05) is 13.1 Å². The van der Waals surface area contributed by atoms with E-state index in [4.69, 9.17) is 4.74 Å². The molecule has 0 spiro atoms. The van der Waals surface area contributed by atoms with Crippen molar-refractivity contribution in [1.29, 1.82) is 0 Å². The number of nitrogens with one attached hydrogen (secondary N) is 4. The largest absolute Gasteiger partial charge is 0.480 e. The Morgan fingerprint density at radius 2 is 1.80 bits per heavy atom. The average molecular weight is 558 g/mol. The molecule has 4 atom stereocenters. The molecule has 1 saturated carbocycles. The van der Waals surface area contributed by atoms with Gasteiger partial charge in [0.1, 0.15) is 18.7 Å². The van der Waals surface area contributed by atoms with Crippen LogP contribution in [0.15, 0.2) is 35.3 Å². The number of guanidine groups is 1. The molecule has 0 unspecified atom stereocenters. The lowest BCUT2D eigenvalue weighted by atomic mass is 9.92. The topological polar surface area (TPSA) is 182 Å². The summed E-state index contributed by atoms with van der Waals surface area (Å²) in [5.74, 6) is -2.16. The lowest BCUT2D eigenvalue weighted by Gasteiger charge is -2.30. The predicted octanol–water partition coefficient (Wildman–Crippen LogP) is 0.690. The van der Waals surface area contributed by atoms with Gasteiger partial charge in [-0.1, -0.05) is 43.2 Å². The number of ether oxygens (including phenoxy) is 1. The van der Waals surface area contributed by atoms with E-state index in [9.17, 15) is 29.1 Å². The molecule has 1 aromatic carbocycles. The predicted molar refractivity (Wildman–Crippen MR) is 142 cm³/mol. The molecule has 2 saturated heterocycles. The van der Waals surface area contributed by atoms with Gasteiger partial charge >= 0.3 is 18.1 Å². The van der Waals surface area contributed by atoms with Gasteiger partial charge in [-0.15, -0.1) is 0 Å². The van der Waals surface area contributed by atoms with Crippen LogP contribution in [0.2, 0.25) is 0 Å². The second-order valence-electron chi connectivity index (χ2n) is 10.0. The van der Waals surface area contributed by atoms with Crippen LogP contribution in [-0.2, 0) is 25.7 Å². The van der Waals surface area contributed by atoms with Crippen molar-refractivity contribution in [2.45, 2.75) is 76.2 Å². The zero-order valence-electron chi connectivity index (χ0n) is 22.3. The van der Waals surface area contributed by atoms with Gasteiger partial charge in [0.2, 0.25) is 5.91 Å². The fourth-order valence-corrected chi connectivity index (χ4v) is 5.01. The second-order valence-corrected chi connectivity index (χ2v) is 10.0. The standard InChI is InChI=1S/C26H35N7O7/c1-16(34)32(14-21(23(36)37)31-26(39)40-15-17-8-3-2-4-9-17)33-22(35)20(30-25(33)38)12-7-13-27-24-28-18-10-5-6-11-19(18)29-24/h2-4,8-9,18-21H,5-7,10-15H2,1H3,(H,30,38)(H,31,39)(H,36,37)(H2,27,28,29)/t18-,19+,20-,21-/m0/s1. The van der Waals surface area contributed by atoms with Crippen LogP contribution < -0.4 is 21.3 Å². The Morgan fingerprint density at radius 3 is 2.42 bits per heavy atom. The molecule has 14 heteroatoms. The number of carboxylic acids is 1. The van der Waals surface area contributed by atoms with Crippen LogP contribution in [0.25, 0.3) is 0 Å². The Bertz CT molecular complexity index is 1130. The van der Waals surface area contributed by atoms with E-state index in [0.29, 0.717) is 40.6 Å². The van der Waals surface area contributed by atoms with E-state index in [1.165, 1.54) is 12.8 Å². The number of aliphatic imine (C=N–C) groups is 1. The number of fused-ring (bicyclic) bond motifs is 1. The molecule has 2 aliphatic heterocycles. The van der Waals surface area contributed by atoms with Gasteiger partial charge in [-0.3, -0.25) is 14.6 Å². The first-order valence-corrected chi connectivity index (χ1v) is 13.4. The summed E-state index contributed by atoms with van der Waals surface area (Å²) >= 11 is 0. The third kappa shape index (κ3) is 7.18. The summed E-state index contributed by atoms with van der Waals surface area (Å²) in [4.78, 5) is 66.7. The number of nitrogens with zero attached hydrogens (tertiary/aromatic N) is 3. The van der Waals surface area contributed by atoms with Crippen molar-refractivity contribution < 1.29 is 33.8 Å². The zero-order chi connectivity index (χ0) is 28.6. The minimum absolute atomic E-state index is 0.0943. The third-order valence-corrected chi connectivity index (χ3v) is 7.09. The van der Waals surface area contributed by atoms with Crippen LogP contribution in [0.1, 0.15) is 51.0 Å². The summed E-state index contributed by atoms with van der Waals surface area (Å²) in [7, 11) is 0. The smallest absolute Gasteiger partial charge is 0.408 e. The minimum Gasteiger partial charge on any atom is -0.480 e. The maximum atomic E-state index is 13.0. The maximum absolute atomic E-state index is 13.0. The fraction of sp³-hybridized carbons (Fsp3) is 0.538. The maximum Gasteiger partial charge on any atom is 0.408 e.